The molecule has 0 aromatic heterocycles. The molecule has 0 aliphatic rings. The minimum absolute atomic E-state index is 0.0796. The average molecular weight is 215 g/mol. The van der Waals surface area contributed by atoms with Gasteiger partial charge in [0.25, 0.3) is 0 Å². The Morgan fingerprint density at radius 2 is 1.93 bits per heavy atom. The number of nitrogens with one attached hydrogen (secondary N) is 1. The van der Waals surface area contributed by atoms with Crippen LogP contribution in [0.4, 0.5) is 0 Å². The van der Waals surface area contributed by atoms with Gasteiger partial charge < -0.3 is 4.90 Å². The molecule has 0 aliphatic carbocycles. The molecule has 0 bridgehead atoms. The first-order valence-corrected chi connectivity index (χ1v) is 5.64. The summed E-state index contributed by atoms with van der Waals surface area (Å²) < 4.78 is 0. The summed E-state index contributed by atoms with van der Waals surface area (Å²) >= 11 is 0. The zero-order valence-corrected chi connectivity index (χ0v) is 10.6. The fraction of sp³-hybridized carbons (Fsp3) is 0.909. The number of amides is 1. The van der Waals surface area contributed by atoms with Gasteiger partial charge in [-0.15, -0.1) is 0 Å². The number of rotatable bonds is 6. The van der Waals surface area contributed by atoms with E-state index in [0.717, 1.165) is 13.0 Å². The first-order valence-electron chi connectivity index (χ1n) is 5.64. The maximum atomic E-state index is 11.4. The van der Waals surface area contributed by atoms with Crippen molar-refractivity contribution in [2.75, 3.05) is 13.6 Å². The van der Waals surface area contributed by atoms with Crippen LogP contribution in [0.5, 0.6) is 0 Å². The highest BCUT2D eigenvalue weighted by Gasteiger charge is 2.23. The van der Waals surface area contributed by atoms with Crippen LogP contribution in [0, 0.1) is 11.8 Å². The highest BCUT2D eigenvalue weighted by Crippen LogP contribution is 2.12. The van der Waals surface area contributed by atoms with Crippen molar-refractivity contribution in [1.82, 2.24) is 10.3 Å². The third-order valence-electron chi connectivity index (χ3n) is 3.27. The summed E-state index contributed by atoms with van der Waals surface area (Å²) in [5.41, 5.74) is 2.20. The quantitative estimate of drug-likeness (QED) is 0.394. The summed E-state index contributed by atoms with van der Waals surface area (Å²) in [6.45, 7) is 9.37. The number of hydrogen-bond donors (Lipinski definition) is 2. The second kappa shape index (κ2) is 6.80. The van der Waals surface area contributed by atoms with Crippen LogP contribution < -0.4 is 11.3 Å². The van der Waals surface area contributed by atoms with E-state index < -0.39 is 0 Å². The molecule has 0 heterocycles. The maximum absolute atomic E-state index is 11.4. The highest BCUT2D eigenvalue weighted by atomic mass is 16.2. The van der Waals surface area contributed by atoms with E-state index in [-0.39, 0.29) is 17.9 Å². The van der Waals surface area contributed by atoms with E-state index in [0.29, 0.717) is 5.92 Å². The molecule has 3 atom stereocenters. The van der Waals surface area contributed by atoms with Gasteiger partial charge >= 0.3 is 0 Å². The van der Waals surface area contributed by atoms with Crippen LogP contribution in [0.1, 0.15) is 34.1 Å². The van der Waals surface area contributed by atoms with Gasteiger partial charge in [-0.3, -0.25) is 10.2 Å². The lowest BCUT2D eigenvalue weighted by Gasteiger charge is -2.30. The predicted molar refractivity (Wildman–Crippen MR) is 63.0 cm³/mol. The SMILES string of the molecule is CCC(C)CN(C)C(C)C(C)C(=O)NN. The second-order valence-corrected chi connectivity index (χ2v) is 4.49. The summed E-state index contributed by atoms with van der Waals surface area (Å²) in [6, 6.07) is 0.211. The van der Waals surface area contributed by atoms with Crippen molar-refractivity contribution in [2.45, 2.75) is 40.2 Å². The van der Waals surface area contributed by atoms with Crippen LogP contribution in [0.25, 0.3) is 0 Å². The summed E-state index contributed by atoms with van der Waals surface area (Å²) in [7, 11) is 2.05. The van der Waals surface area contributed by atoms with Gasteiger partial charge in [-0.25, -0.2) is 5.84 Å². The number of nitrogens with two attached hydrogens (primary N) is 1. The minimum Gasteiger partial charge on any atom is -0.303 e. The molecular formula is C11H25N3O. The molecule has 0 saturated carbocycles. The number of hydrazine groups is 1. The van der Waals surface area contributed by atoms with Crippen molar-refractivity contribution in [3.8, 4) is 0 Å². The molecule has 0 aliphatic heterocycles. The van der Waals surface area contributed by atoms with Crippen LogP contribution in [-0.4, -0.2) is 30.4 Å². The molecule has 4 nitrogen and oxygen atoms in total. The van der Waals surface area contributed by atoms with Gasteiger partial charge in [0.15, 0.2) is 0 Å². The second-order valence-electron chi connectivity index (χ2n) is 4.49. The van der Waals surface area contributed by atoms with Gasteiger partial charge in [0.05, 0.1) is 5.92 Å². The van der Waals surface area contributed by atoms with Crippen LogP contribution in [0.15, 0.2) is 0 Å². The summed E-state index contributed by atoms with van der Waals surface area (Å²) in [4.78, 5) is 13.6. The lowest BCUT2D eigenvalue weighted by Crippen LogP contribution is -2.45. The van der Waals surface area contributed by atoms with Gasteiger partial charge in [0, 0.05) is 12.6 Å². The van der Waals surface area contributed by atoms with Gasteiger partial charge in [0.1, 0.15) is 0 Å². The Kier molecular flexibility index (Phi) is 6.52. The minimum atomic E-state index is -0.0986. The fourth-order valence-electron chi connectivity index (χ4n) is 1.52. The van der Waals surface area contributed by atoms with Crippen LogP contribution in [0.3, 0.4) is 0 Å². The van der Waals surface area contributed by atoms with Crippen molar-refractivity contribution in [2.24, 2.45) is 17.7 Å². The molecule has 0 saturated heterocycles. The number of carbonyl (C=O) groups is 1. The van der Waals surface area contributed by atoms with Crippen LogP contribution >= 0.6 is 0 Å². The van der Waals surface area contributed by atoms with Crippen LogP contribution in [0.2, 0.25) is 0 Å². The number of nitrogens with zero attached hydrogens (tertiary/aromatic N) is 1. The smallest absolute Gasteiger partial charge is 0.238 e. The van der Waals surface area contributed by atoms with Crippen LogP contribution in [-0.2, 0) is 4.79 Å². The Hall–Kier alpha value is -0.610. The van der Waals surface area contributed by atoms with Crippen molar-refractivity contribution in [1.29, 1.82) is 0 Å². The lowest BCUT2D eigenvalue weighted by atomic mass is 10.00. The maximum Gasteiger partial charge on any atom is 0.238 e. The van der Waals surface area contributed by atoms with E-state index in [1.807, 2.05) is 6.92 Å². The third kappa shape index (κ3) is 4.62. The molecule has 3 unspecified atom stereocenters. The van der Waals surface area contributed by atoms with Crippen molar-refractivity contribution in [3.63, 3.8) is 0 Å². The lowest BCUT2D eigenvalue weighted by molar-refractivity contribution is -0.126. The Morgan fingerprint density at radius 1 is 1.40 bits per heavy atom. The molecule has 0 fully saturated rings. The van der Waals surface area contributed by atoms with E-state index >= 15 is 0 Å². The monoisotopic (exact) mass is 215 g/mol. The van der Waals surface area contributed by atoms with E-state index in [1.54, 1.807) is 0 Å². The van der Waals surface area contributed by atoms with Crippen molar-refractivity contribution >= 4 is 5.91 Å². The first kappa shape index (κ1) is 14.4. The van der Waals surface area contributed by atoms with E-state index in [4.69, 9.17) is 5.84 Å². The molecule has 0 spiro atoms. The molecule has 0 rings (SSSR count). The number of carbonyl (C=O) groups excluding carboxylic acids is 1. The Balaban J connectivity index is 4.18. The molecular weight excluding hydrogens is 190 g/mol. The number of hydrogen-bond acceptors (Lipinski definition) is 3. The van der Waals surface area contributed by atoms with Gasteiger partial charge in [-0.05, 0) is 19.9 Å². The zero-order valence-electron chi connectivity index (χ0n) is 10.6. The Morgan fingerprint density at radius 3 is 2.33 bits per heavy atom. The topological polar surface area (TPSA) is 58.4 Å². The summed E-state index contributed by atoms with van der Waals surface area (Å²) in [5.74, 6) is 5.60. The largest absolute Gasteiger partial charge is 0.303 e. The first-order chi connectivity index (χ1) is 6.93. The van der Waals surface area contributed by atoms with E-state index in [2.05, 4.69) is 38.1 Å². The van der Waals surface area contributed by atoms with Crippen molar-refractivity contribution in [3.05, 3.63) is 0 Å². The fourth-order valence-corrected chi connectivity index (χ4v) is 1.52. The molecule has 4 heteroatoms. The molecule has 0 aromatic rings. The Labute approximate surface area is 93.2 Å². The van der Waals surface area contributed by atoms with Gasteiger partial charge in [0.2, 0.25) is 5.91 Å². The third-order valence-corrected chi connectivity index (χ3v) is 3.27. The van der Waals surface area contributed by atoms with Crippen molar-refractivity contribution < 1.29 is 4.79 Å². The molecule has 15 heavy (non-hydrogen) atoms. The zero-order chi connectivity index (χ0) is 12.0. The molecule has 1 amide bonds. The van der Waals surface area contributed by atoms with Gasteiger partial charge in [-0.1, -0.05) is 27.2 Å². The normalized spacial score (nSPS) is 17.3. The summed E-state index contributed by atoms with van der Waals surface area (Å²) in [5, 5.41) is 0. The standard InChI is InChI=1S/C11H25N3O/c1-6-8(2)7-14(5)10(4)9(3)11(15)13-12/h8-10H,6-7,12H2,1-5H3,(H,13,15). The molecule has 90 valence electrons. The summed E-state index contributed by atoms with van der Waals surface area (Å²) in [6.07, 6.45) is 1.16. The highest BCUT2D eigenvalue weighted by molar-refractivity contribution is 5.78. The Bertz CT molecular complexity index is 196. The molecule has 3 N–H and O–H groups in total. The average Bonchev–Trinajstić information content (AvgIpc) is 2.25. The van der Waals surface area contributed by atoms with E-state index in [1.165, 1.54) is 0 Å². The van der Waals surface area contributed by atoms with E-state index in [9.17, 15) is 4.79 Å². The predicted octanol–water partition coefficient (Wildman–Crippen LogP) is 0.979. The molecule has 0 radical (unpaired) electrons. The molecule has 0 aromatic carbocycles. The van der Waals surface area contributed by atoms with Gasteiger partial charge in [-0.2, -0.15) is 0 Å².